The molecule has 1 atom stereocenters. The Balaban J connectivity index is 2.45. The van der Waals surface area contributed by atoms with Crippen molar-refractivity contribution in [1.29, 1.82) is 0 Å². The molecule has 0 unspecified atom stereocenters. The molecular weight excluding hydrogens is 282 g/mol. The number of hydrogen-bond donors (Lipinski definition) is 2. The first-order chi connectivity index (χ1) is 10.5. The van der Waals surface area contributed by atoms with Gasteiger partial charge in [-0.05, 0) is 45.0 Å². The van der Waals surface area contributed by atoms with Gasteiger partial charge in [-0.1, -0.05) is 12.1 Å². The molecule has 3 amide bonds. The molecular formula is C16H25N3O3. The maximum Gasteiger partial charge on any atom is 0.321 e. The Labute approximate surface area is 131 Å². The summed E-state index contributed by atoms with van der Waals surface area (Å²) in [5, 5.41) is 4.83. The van der Waals surface area contributed by atoms with Crippen molar-refractivity contribution in [3.8, 4) is 5.75 Å². The average molecular weight is 307 g/mol. The number of nitrogens with one attached hydrogen (secondary N) is 2. The Hall–Kier alpha value is -2.08. The Morgan fingerprint density at radius 1 is 1.27 bits per heavy atom. The molecule has 1 aromatic rings. The van der Waals surface area contributed by atoms with Gasteiger partial charge in [-0.2, -0.15) is 0 Å². The zero-order valence-corrected chi connectivity index (χ0v) is 13.7. The third kappa shape index (κ3) is 6.13. The van der Waals surface area contributed by atoms with E-state index >= 15 is 0 Å². The van der Waals surface area contributed by atoms with E-state index in [1.54, 1.807) is 14.0 Å². The predicted molar refractivity (Wildman–Crippen MR) is 86.0 cm³/mol. The predicted octanol–water partition coefficient (Wildman–Crippen LogP) is 1.40. The molecule has 0 bridgehead atoms. The molecule has 0 aliphatic rings. The first kappa shape index (κ1) is 18.0. The number of carbonyl (C=O) groups excluding carboxylic acids is 2. The molecule has 0 radical (unpaired) electrons. The third-order valence-corrected chi connectivity index (χ3v) is 3.43. The Morgan fingerprint density at radius 3 is 2.45 bits per heavy atom. The number of carbonyl (C=O) groups is 2. The summed E-state index contributed by atoms with van der Waals surface area (Å²) in [7, 11) is 3.50. The number of amides is 3. The van der Waals surface area contributed by atoms with E-state index in [9.17, 15) is 9.59 Å². The van der Waals surface area contributed by atoms with Gasteiger partial charge in [-0.15, -0.1) is 0 Å². The van der Waals surface area contributed by atoms with Crippen LogP contribution < -0.4 is 15.4 Å². The molecule has 0 saturated carbocycles. The van der Waals surface area contributed by atoms with E-state index in [4.69, 9.17) is 4.74 Å². The summed E-state index contributed by atoms with van der Waals surface area (Å²) in [6.45, 7) is 4.51. The fourth-order valence-corrected chi connectivity index (χ4v) is 2.01. The highest BCUT2D eigenvalue weighted by molar-refractivity contribution is 5.95. The number of imide groups is 1. The first-order valence-corrected chi connectivity index (χ1v) is 7.37. The molecule has 0 aliphatic heterocycles. The number of methoxy groups -OCH3 is 1. The van der Waals surface area contributed by atoms with Crippen molar-refractivity contribution in [2.75, 3.05) is 27.2 Å². The van der Waals surface area contributed by atoms with E-state index < -0.39 is 6.03 Å². The second-order valence-electron chi connectivity index (χ2n) is 5.22. The fraction of sp³-hybridized carbons (Fsp3) is 0.500. The largest absolute Gasteiger partial charge is 0.497 e. The second kappa shape index (κ2) is 9.04. The van der Waals surface area contributed by atoms with E-state index in [0.29, 0.717) is 6.54 Å². The van der Waals surface area contributed by atoms with Crippen LogP contribution in [0.5, 0.6) is 5.75 Å². The van der Waals surface area contributed by atoms with Crippen molar-refractivity contribution in [3.05, 3.63) is 29.8 Å². The van der Waals surface area contributed by atoms with Crippen LogP contribution in [-0.2, 0) is 11.2 Å². The van der Waals surface area contributed by atoms with E-state index in [-0.39, 0.29) is 18.5 Å². The van der Waals surface area contributed by atoms with Gasteiger partial charge in [0.15, 0.2) is 0 Å². The van der Waals surface area contributed by atoms with E-state index in [2.05, 4.69) is 10.6 Å². The zero-order chi connectivity index (χ0) is 16.5. The van der Waals surface area contributed by atoms with Gasteiger partial charge in [-0.3, -0.25) is 15.0 Å². The molecule has 22 heavy (non-hydrogen) atoms. The maximum atomic E-state index is 11.7. The van der Waals surface area contributed by atoms with Gasteiger partial charge < -0.3 is 10.1 Å². The van der Waals surface area contributed by atoms with Crippen LogP contribution in [0.3, 0.4) is 0 Å². The van der Waals surface area contributed by atoms with Crippen LogP contribution in [0.1, 0.15) is 19.4 Å². The molecule has 2 N–H and O–H groups in total. The Bertz CT molecular complexity index is 488. The smallest absolute Gasteiger partial charge is 0.321 e. The first-order valence-electron chi connectivity index (χ1n) is 7.37. The highest BCUT2D eigenvalue weighted by Crippen LogP contribution is 2.13. The van der Waals surface area contributed by atoms with Gasteiger partial charge in [-0.25, -0.2) is 4.79 Å². The lowest BCUT2D eigenvalue weighted by Gasteiger charge is -2.24. The van der Waals surface area contributed by atoms with Gasteiger partial charge in [0.05, 0.1) is 13.7 Å². The van der Waals surface area contributed by atoms with Crippen molar-refractivity contribution in [2.24, 2.45) is 0 Å². The standard InChI is InChI=1S/C16H25N3O3/c1-5-17-16(21)18-15(20)11-19(3)12(2)10-13-6-8-14(22-4)9-7-13/h6-9,12H,5,10-11H2,1-4H3,(H2,17,18,20,21)/t12-/m1/s1. The number of benzene rings is 1. The Morgan fingerprint density at radius 2 is 1.91 bits per heavy atom. The number of likely N-dealkylation sites (N-methyl/N-ethyl adjacent to an activating group) is 1. The van der Waals surface area contributed by atoms with Crippen LogP contribution >= 0.6 is 0 Å². The summed E-state index contributed by atoms with van der Waals surface area (Å²) in [5.74, 6) is 0.515. The van der Waals surface area contributed by atoms with Crippen molar-refractivity contribution in [3.63, 3.8) is 0 Å². The minimum absolute atomic E-state index is 0.174. The SMILES string of the molecule is CCNC(=O)NC(=O)CN(C)[C@H](C)Cc1ccc(OC)cc1. The lowest BCUT2D eigenvalue weighted by molar-refractivity contribution is -0.121. The summed E-state index contributed by atoms with van der Waals surface area (Å²) in [6.07, 6.45) is 0.814. The molecule has 0 spiro atoms. The molecule has 0 aromatic heterocycles. The average Bonchev–Trinajstić information content (AvgIpc) is 2.47. The minimum atomic E-state index is -0.455. The number of urea groups is 1. The monoisotopic (exact) mass is 307 g/mol. The lowest BCUT2D eigenvalue weighted by atomic mass is 10.1. The third-order valence-electron chi connectivity index (χ3n) is 3.43. The van der Waals surface area contributed by atoms with Gasteiger partial charge in [0.25, 0.3) is 0 Å². The second-order valence-corrected chi connectivity index (χ2v) is 5.22. The van der Waals surface area contributed by atoms with E-state index in [1.165, 1.54) is 5.56 Å². The molecule has 1 aromatic carbocycles. The van der Waals surface area contributed by atoms with Crippen molar-refractivity contribution >= 4 is 11.9 Å². The molecule has 0 aliphatic carbocycles. The summed E-state index contributed by atoms with van der Waals surface area (Å²) in [5.41, 5.74) is 1.17. The minimum Gasteiger partial charge on any atom is -0.497 e. The van der Waals surface area contributed by atoms with Crippen LogP contribution in [0.2, 0.25) is 0 Å². The lowest BCUT2D eigenvalue weighted by Crippen LogP contribution is -2.45. The fourth-order valence-electron chi connectivity index (χ4n) is 2.01. The van der Waals surface area contributed by atoms with Gasteiger partial charge in [0, 0.05) is 12.6 Å². The number of hydrogen-bond acceptors (Lipinski definition) is 4. The molecule has 122 valence electrons. The molecule has 0 fully saturated rings. The van der Waals surface area contributed by atoms with Crippen LogP contribution in [-0.4, -0.2) is 50.1 Å². The zero-order valence-electron chi connectivity index (χ0n) is 13.7. The van der Waals surface area contributed by atoms with E-state index in [0.717, 1.165) is 12.2 Å². The van der Waals surface area contributed by atoms with Crippen LogP contribution in [0.25, 0.3) is 0 Å². The summed E-state index contributed by atoms with van der Waals surface area (Å²) in [4.78, 5) is 24.9. The highest BCUT2D eigenvalue weighted by atomic mass is 16.5. The van der Waals surface area contributed by atoms with Crippen molar-refractivity contribution < 1.29 is 14.3 Å². The number of rotatable bonds is 7. The summed E-state index contributed by atoms with van der Waals surface area (Å²) in [6, 6.07) is 7.58. The molecule has 1 rings (SSSR count). The van der Waals surface area contributed by atoms with Gasteiger partial charge in [0.2, 0.25) is 5.91 Å². The van der Waals surface area contributed by atoms with Gasteiger partial charge >= 0.3 is 6.03 Å². The number of nitrogens with zero attached hydrogens (tertiary/aromatic N) is 1. The quantitative estimate of drug-likeness (QED) is 0.799. The van der Waals surface area contributed by atoms with Crippen LogP contribution in [0, 0.1) is 0 Å². The van der Waals surface area contributed by atoms with Crippen LogP contribution in [0.4, 0.5) is 4.79 Å². The van der Waals surface area contributed by atoms with Crippen LogP contribution in [0.15, 0.2) is 24.3 Å². The summed E-state index contributed by atoms with van der Waals surface area (Å²) < 4.78 is 5.13. The molecule has 0 heterocycles. The maximum absolute atomic E-state index is 11.7. The highest BCUT2D eigenvalue weighted by Gasteiger charge is 2.15. The van der Waals surface area contributed by atoms with Gasteiger partial charge in [0.1, 0.15) is 5.75 Å². The molecule has 6 heteroatoms. The number of ether oxygens (including phenoxy) is 1. The van der Waals surface area contributed by atoms with E-state index in [1.807, 2.05) is 43.1 Å². The molecule has 0 saturated heterocycles. The normalized spacial score (nSPS) is 11.9. The van der Waals surface area contributed by atoms with Crippen molar-refractivity contribution in [1.82, 2.24) is 15.5 Å². The van der Waals surface area contributed by atoms with Crippen molar-refractivity contribution in [2.45, 2.75) is 26.3 Å². The Kier molecular flexibility index (Phi) is 7.39. The summed E-state index contributed by atoms with van der Waals surface area (Å²) >= 11 is 0. The topological polar surface area (TPSA) is 70.7 Å². The molecule has 6 nitrogen and oxygen atoms in total.